The Balaban J connectivity index is 2.17. The topological polar surface area (TPSA) is 12.0 Å². The van der Waals surface area contributed by atoms with Crippen molar-refractivity contribution in [3.8, 4) is 0 Å². The second-order valence-corrected chi connectivity index (χ2v) is 4.32. The molecule has 1 aromatic rings. The molecule has 54 valence electrons. The summed E-state index contributed by atoms with van der Waals surface area (Å²) in [7, 11) is 0. The molecular formula is C7H8BrNS. The van der Waals surface area contributed by atoms with Crippen molar-refractivity contribution in [1.82, 2.24) is 5.32 Å². The highest BCUT2D eigenvalue weighted by Gasteiger charge is 2.19. The van der Waals surface area contributed by atoms with Gasteiger partial charge in [0.15, 0.2) is 0 Å². The lowest BCUT2D eigenvalue weighted by Gasteiger charge is -2.26. The summed E-state index contributed by atoms with van der Waals surface area (Å²) in [6.07, 6.45) is 1.30. The van der Waals surface area contributed by atoms with Crippen LogP contribution in [0.1, 0.15) is 17.3 Å². The van der Waals surface area contributed by atoms with Crippen molar-refractivity contribution < 1.29 is 0 Å². The molecule has 0 radical (unpaired) electrons. The van der Waals surface area contributed by atoms with Gasteiger partial charge in [-0.3, -0.25) is 0 Å². The summed E-state index contributed by atoms with van der Waals surface area (Å²) in [5, 5.41) is 5.50. The fourth-order valence-electron chi connectivity index (χ4n) is 1.04. The molecule has 0 spiro atoms. The minimum Gasteiger partial charge on any atom is -0.309 e. The molecule has 2 heterocycles. The number of hydrogen-bond donors (Lipinski definition) is 1. The molecule has 0 unspecified atom stereocenters. The van der Waals surface area contributed by atoms with Crippen molar-refractivity contribution >= 4 is 27.3 Å². The molecule has 0 aromatic carbocycles. The summed E-state index contributed by atoms with van der Waals surface area (Å²) >= 11 is 5.26. The molecule has 1 nitrogen and oxygen atoms in total. The number of rotatable bonds is 1. The molecular weight excluding hydrogens is 210 g/mol. The number of thiophene rings is 1. The van der Waals surface area contributed by atoms with Crippen LogP contribution < -0.4 is 5.32 Å². The van der Waals surface area contributed by atoms with Gasteiger partial charge < -0.3 is 5.32 Å². The Kier molecular flexibility index (Phi) is 1.80. The molecule has 1 atom stereocenters. The highest BCUT2D eigenvalue weighted by Crippen LogP contribution is 2.30. The van der Waals surface area contributed by atoms with Gasteiger partial charge in [0.25, 0.3) is 0 Å². The van der Waals surface area contributed by atoms with E-state index in [1.54, 1.807) is 0 Å². The minimum atomic E-state index is 0.649. The zero-order chi connectivity index (χ0) is 6.97. The summed E-state index contributed by atoms with van der Waals surface area (Å²) < 4.78 is 1.21. The van der Waals surface area contributed by atoms with Gasteiger partial charge in [-0.05, 0) is 35.0 Å². The normalized spacial score (nSPS) is 24.3. The first kappa shape index (κ1) is 6.83. The Hall–Kier alpha value is 0.140. The van der Waals surface area contributed by atoms with Crippen LogP contribution in [0, 0.1) is 0 Å². The second-order valence-electron chi connectivity index (χ2n) is 2.46. The van der Waals surface area contributed by atoms with Crippen LogP contribution in [0.15, 0.2) is 15.9 Å². The summed E-state index contributed by atoms with van der Waals surface area (Å²) in [6.45, 7) is 1.18. The van der Waals surface area contributed by atoms with E-state index in [2.05, 4.69) is 32.7 Å². The zero-order valence-electron chi connectivity index (χ0n) is 5.43. The highest BCUT2D eigenvalue weighted by molar-refractivity contribution is 9.10. The fraction of sp³-hybridized carbons (Fsp3) is 0.429. The molecule has 1 aliphatic heterocycles. The standard InChI is InChI=1S/C7H8BrNS/c8-5-3-7(10-4-5)6-1-2-9-6/h3-4,6,9H,1-2H2/t6-/m0/s1. The molecule has 0 amide bonds. The van der Waals surface area contributed by atoms with Crippen molar-refractivity contribution in [3.05, 3.63) is 20.8 Å². The molecule has 1 saturated heterocycles. The lowest BCUT2D eigenvalue weighted by Crippen LogP contribution is -2.34. The van der Waals surface area contributed by atoms with Crippen LogP contribution >= 0.6 is 27.3 Å². The van der Waals surface area contributed by atoms with E-state index in [-0.39, 0.29) is 0 Å². The average Bonchev–Trinajstić information content (AvgIpc) is 2.10. The van der Waals surface area contributed by atoms with Gasteiger partial charge in [0.05, 0.1) is 0 Å². The predicted molar refractivity (Wildman–Crippen MR) is 47.4 cm³/mol. The summed E-state index contributed by atoms with van der Waals surface area (Å²) in [5.41, 5.74) is 0. The number of halogens is 1. The van der Waals surface area contributed by atoms with Crippen LogP contribution in [-0.4, -0.2) is 6.54 Å². The smallest absolute Gasteiger partial charge is 0.0427 e. The van der Waals surface area contributed by atoms with E-state index in [1.165, 1.54) is 22.3 Å². The lowest BCUT2D eigenvalue weighted by molar-refractivity contribution is 0.389. The maximum absolute atomic E-state index is 3.44. The van der Waals surface area contributed by atoms with Crippen LogP contribution in [0.5, 0.6) is 0 Å². The lowest BCUT2D eigenvalue weighted by atomic mass is 10.1. The molecule has 3 heteroatoms. The van der Waals surface area contributed by atoms with Gasteiger partial charge in [0, 0.05) is 20.8 Å². The molecule has 0 bridgehead atoms. The van der Waals surface area contributed by atoms with Gasteiger partial charge >= 0.3 is 0 Å². The van der Waals surface area contributed by atoms with Crippen LogP contribution in [-0.2, 0) is 0 Å². The quantitative estimate of drug-likeness (QED) is 0.763. The van der Waals surface area contributed by atoms with Crippen molar-refractivity contribution in [1.29, 1.82) is 0 Å². The molecule has 1 aliphatic rings. The van der Waals surface area contributed by atoms with E-state index in [1.807, 2.05) is 11.3 Å². The third-order valence-corrected chi connectivity index (χ3v) is 3.56. The maximum Gasteiger partial charge on any atom is 0.0427 e. The second kappa shape index (κ2) is 2.64. The van der Waals surface area contributed by atoms with E-state index in [4.69, 9.17) is 0 Å². The monoisotopic (exact) mass is 217 g/mol. The molecule has 10 heavy (non-hydrogen) atoms. The van der Waals surface area contributed by atoms with E-state index >= 15 is 0 Å². The summed E-state index contributed by atoms with van der Waals surface area (Å²) in [5.74, 6) is 0. The van der Waals surface area contributed by atoms with Crippen molar-refractivity contribution in [2.24, 2.45) is 0 Å². The molecule has 1 N–H and O–H groups in total. The van der Waals surface area contributed by atoms with E-state index in [9.17, 15) is 0 Å². The first-order chi connectivity index (χ1) is 4.86. The summed E-state index contributed by atoms with van der Waals surface area (Å²) in [4.78, 5) is 1.46. The maximum atomic E-state index is 3.44. The average molecular weight is 218 g/mol. The first-order valence-electron chi connectivity index (χ1n) is 3.33. The van der Waals surface area contributed by atoms with Gasteiger partial charge in [-0.1, -0.05) is 0 Å². The van der Waals surface area contributed by atoms with Crippen LogP contribution in [0.2, 0.25) is 0 Å². The third-order valence-electron chi connectivity index (χ3n) is 1.75. The van der Waals surface area contributed by atoms with E-state index < -0.39 is 0 Å². The molecule has 0 saturated carbocycles. The van der Waals surface area contributed by atoms with Crippen LogP contribution in [0.3, 0.4) is 0 Å². The Morgan fingerprint density at radius 1 is 1.70 bits per heavy atom. The van der Waals surface area contributed by atoms with Crippen molar-refractivity contribution in [2.75, 3.05) is 6.54 Å². The number of nitrogens with one attached hydrogen (secondary N) is 1. The number of hydrogen-bond acceptors (Lipinski definition) is 2. The van der Waals surface area contributed by atoms with Gasteiger partial charge in [-0.25, -0.2) is 0 Å². The van der Waals surface area contributed by atoms with E-state index in [0.29, 0.717) is 6.04 Å². The van der Waals surface area contributed by atoms with E-state index in [0.717, 1.165) is 0 Å². The first-order valence-corrected chi connectivity index (χ1v) is 5.01. The largest absolute Gasteiger partial charge is 0.309 e. The van der Waals surface area contributed by atoms with Crippen LogP contribution in [0.4, 0.5) is 0 Å². The highest BCUT2D eigenvalue weighted by atomic mass is 79.9. The Morgan fingerprint density at radius 3 is 2.90 bits per heavy atom. The fourth-order valence-corrected chi connectivity index (χ4v) is 2.60. The van der Waals surface area contributed by atoms with Crippen molar-refractivity contribution in [3.63, 3.8) is 0 Å². The predicted octanol–water partition coefficient (Wildman–Crippen LogP) is 2.54. The van der Waals surface area contributed by atoms with Gasteiger partial charge in [-0.15, -0.1) is 11.3 Å². The van der Waals surface area contributed by atoms with Crippen molar-refractivity contribution in [2.45, 2.75) is 12.5 Å². The molecule has 2 rings (SSSR count). The van der Waals surface area contributed by atoms with Gasteiger partial charge in [0.1, 0.15) is 0 Å². The van der Waals surface area contributed by atoms with Gasteiger partial charge in [0.2, 0.25) is 0 Å². The third kappa shape index (κ3) is 1.13. The van der Waals surface area contributed by atoms with Crippen LogP contribution in [0.25, 0.3) is 0 Å². The minimum absolute atomic E-state index is 0.649. The zero-order valence-corrected chi connectivity index (χ0v) is 7.83. The van der Waals surface area contributed by atoms with Gasteiger partial charge in [-0.2, -0.15) is 0 Å². The molecule has 1 aromatic heterocycles. The Bertz CT molecular complexity index is 229. The molecule has 1 fully saturated rings. The summed E-state index contributed by atoms with van der Waals surface area (Å²) in [6, 6.07) is 2.85. The Morgan fingerprint density at radius 2 is 2.50 bits per heavy atom. The Labute approximate surface area is 72.6 Å². The molecule has 0 aliphatic carbocycles. The SMILES string of the molecule is Brc1csc([C@@H]2CCN2)c1.